The third-order valence-electron chi connectivity index (χ3n) is 2.49. The number of aromatic hydroxyl groups is 1. The Morgan fingerprint density at radius 2 is 1.57 bits per heavy atom. The van der Waals surface area contributed by atoms with Crippen LogP contribution in [0.25, 0.3) is 0 Å². The summed E-state index contributed by atoms with van der Waals surface area (Å²) in [6.07, 6.45) is -0.806. The number of primary amides is 1. The number of carbonyl (C=O) groups is 1. The molecule has 110 valence electrons. The number of phenolic OH excluding ortho intramolecular Hbond substituents is 1. The Morgan fingerprint density at radius 1 is 1.00 bits per heavy atom. The molecule has 2 rings (SSSR count). The zero-order valence-corrected chi connectivity index (χ0v) is 12.0. The number of ether oxygens (including phenoxy) is 2. The van der Waals surface area contributed by atoms with Gasteiger partial charge in [-0.15, -0.1) is 0 Å². The van der Waals surface area contributed by atoms with E-state index in [9.17, 15) is 9.90 Å². The summed E-state index contributed by atoms with van der Waals surface area (Å²) in [6, 6.07) is 14.6. The van der Waals surface area contributed by atoms with Gasteiger partial charge in [-0.2, -0.15) is 0 Å². The van der Waals surface area contributed by atoms with Crippen molar-refractivity contribution in [1.29, 1.82) is 0 Å². The molecular formula is C15H15NO4S. The fourth-order valence-corrected chi connectivity index (χ4v) is 2.37. The molecule has 0 unspecified atom stereocenters. The highest BCUT2D eigenvalue weighted by Crippen LogP contribution is 2.29. The number of amides is 1. The van der Waals surface area contributed by atoms with Gasteiger partial charge in [-0.05, 0) is 48.5 Å². The van der Waals surface area contributed by atoms with E-state index in [0.717, 1.165) is 9.79 Å². The first-order chi connectivity index (χ1) is 10.1. The smallest absolute Gasteiger partial charge is 0.404 e. The SMILES string of the molecule is NC(=O)OCCOc1ccc(Sc2ccc(O)cc2)cc1. The van der Waals surface area contributed by atoms with E-state index >= 15 is 0 Å². The molecule has 0 atom stereocenters. The number of hydrogen-bond acceptors (Lipinski definition) is 5. The first-order valence-electron chi connectivity index (χ1n) is 6.25. The molecule has 2 aromatic rings. The van der Waals surface area contributed by atoms with Crippen molar-refractivity contribution < 1.29 is 19.4 Å². The minimum absolute atomic E-state index is 0.124. The second-order valence-electron chi connectivity index (χ2n) is 4.08. The molecule has 0 heterocycles. The topological polar surface area (TPSA) is 81.8 Å². The molecule has 0 bridgehead atoms. The van der Waals surface area contributed by atoms with Crippen molar-refractivity contribution in [2.75, 3.05) is 13.2 Å². The molecule has 6 heteroatoms. The summed E-state index contributed by atoms with van der Waals surface area (Å²) in [5, 5.41) is 9.23. The Bertz CT molecular complexity index is 584. The summed E-state index contributed by atoms with van der Waals surface area (Å²) in [6.45, 7) is 0.382. The van der Waals surface area contributed by atoms with Gasteiger partial charge in [0.15, 0.2) is 0 Å². The minimum Gasteiger partial charge on any atom is -0.508 e. The van der Waals surface area contributed by atoms with Crippen LogP contribution in [0.5, 0.6) is 11.5 Å². The summed E-state index contributed by atoms with van der Waals surface area (Å²) in [7, 11) is 0. The normalized spacial score (nSPS) is 10.1. The van der Waals surface area contributed by atoms with Crippen LogP contribution in [0.4, 0.5) is 4.79 Å². The van der Waals surface area contributed by atoms with Gasteiger partial charge in [0.05, 0.1) is 0 Å². The van der Waals surface area contributed by atoms with Gasteiger partial charge in [0.1, 0.15) is 24.7 Å². The molecular weight excluding hydrogens is 290 g/mol. The Balaban J connectivity index is 1.84. The van der Waals surface area contributed by atoms with E-state index in [1.54, 1.807) is 23.9 Å². The van der Waals surface area contributed by atoms with E-state index in [2.05, 4.69) is 4.74 Å². The van der Waals surface area contributed by atoms with Gasteiger partial charge in [-0.25, -0.2) is 4.79 Å². The van der Waals surface area contributed by atoms with Gasteiger partial charge in [-0.3, -0.25) is 0 Å². The lowest BCUT2D eigenvalue weighted by atomic mass is 10.3. The van der Waals surface area contributed by atoms with Crippen LogP contribution in [0.15, 0.2) is 58.3 Å². The molecule has 21 heavy (non-hydrogen) atoms. The monoisotopic (exact) mass is 305 g/mol. The fraction of sp³-hybridized carbons (Fsp3) is 0.133. The lowest BCUT2D eigenvalue weighted by Crippen LogP contribution is -2.17. The van der Waals surface area contributed by atoms with Gasteiger partial charge >= 0.3 is 6.09 Å². The van der Waals surface area contributed by atoms with E-state index in [0.29, 0.717) is 5.75 Å². The summed E-state index contributed by atoms with van der Waals surface area (Å²) in [5.41, 5.74) is 4.84. The number of rotatable bonds is 6. The number of nitrogens with two attached hydrogens (primary N) is 1. The molecule has 0 fully saturated rings. The molecule has 0 saturated carbocycles. The summed E-state index contributed by atoms with van der Waals surface area (Å²) in [4.78, 5) is 12.5. The van der Waals surface area contributed by atoms with E-state index < -0.39 is 6.09 Å². The third-order valence-corrected chi connectivity index (χ3v) is 3.51. The first-order valence-corrected chi connectivity index (χ1v) is 7.07. The van der Waals surface area contributed by atoms with Crippen LogP contribution in [0.2, 0.25) is 0 Å². The second-order valence-corrected chi connectivity index (χ2v) is 5.23. The Labute approximate surface area is 126 Å². The molecule has 5 nitrogen and oxygen atoms in total. The number of carbonyl (C=O) groups excluding carboxylic acids is 1. The van der Waals surface area contributed by atoms with Crippen molar-refractivity contribution in [1.82, 2.24) is 0 Å². The molecule has 0 aliphatic carbocycles. The van der Waals surface area contributed by atoms with Gasteiger partial charge < -0.3 is 20.3 Å². The molecule has 0 aromatic heterocycles. The fourth-order valence-electron chi connectivity index (χ4n) is 1.56. The summed E-state index contributed by atoms with van der Waals surface area (Å²) < 4.78 is 9.97. The zero-order chi connectivity index (χ0) is 15.1. The highest BCUT2D eigenvalue weighted by Gasteiger charge is 2.00. The Hall–Kier alpha value is -2.34. The molecule has 1 amide bonds. The molecule has 0 aliphatic heterocycles. The zero-order valence-electron chi connectivity index (χ0n) is 11.2. The largest absolute Gasteiger partial charge is 0.508 e. The van der Waals surface area contributed by atoms with Crippen molar-refractivity contribution in [2.45, 2.75) is 9.79 Å². The lowest BCUT2D eigenvalue weighted by molar-refractivity contribution is 0.134. The average Bonchev–Trinajstić information content (AvgIpc) is 2.47. The van der Waals surface area contributed by atoms with Crippen LogP contribution < -0.4 is 10.5 Å². The predicted octanol–water partition coefficient (Wildman–Crippen LogP) is 3.02. The van der Waals surface area contributed by atoms with Crippen LogP contribution in [0, 0.1) is 0 Å². The minimum atomic E-state index is -0.806. The highest BCUT2D eigenvalue weighted by atomic mass is 32.2. The maximum Gasteiger partial charge on any atom is 0.404 e. The van der Waals surface area contributed by atoms with E-state index in [1.807, 2.05) is 36.4 Å². The molecule has 3 N–H and O–H groups in total. The van der Waals surface area contributed by atoms with Gasteiger partial charge in [-0.1, -0.05) is 11.8 Å². The molecule has 0 spiro atoms. The van der Waals surface area contributed by atoms with Crippen LogP contribution in [-0.2, 0) is 4.74 Å². The van der Waals surface area contributed by atoms with Gasteiger partial charge in [0.2, 0.25) is 0 Å². The van der Waals surface area contributed by atoms with Crippen molar-refractivity contribution in [3.8, 4) is 11.5 Å². The lowest BCUT2D eigenvalue weighted by Gasteiger charge is -2.07. The second kappa shape index (κ2) is 7.44. The summed E-state index contributed by atoms with van der Waals surface area (Å²) in [5.74, 6) is 0.944. The van der Waals surface area contributed by atoms with Crippen molar-refractivity contribution >= 4 is 17.9 Å². The molecule has 2 aromatic carbocycles. The third kappa shape index (κ3) is 5.27. The van der Waals surface area contributed by atoms with Crippen LogP contribution in [0.3, 0.4) is 0 Å². The number of phenols is 1. The van der Waals surface area contributed by atoms with Crippen molar-refractivity contribution in [3.63, 3.8) is 0 Å². The van der Waals surface area contributed by atoms with Crippen LogP contribution in [-0.4, -0.2) is 24.4 Å². The van der Waals surface area contributed by atoms with E-state index in [1.165, 1.54) is 0 Å². The quantitative estimate of drug-likeness (QED) is 0.802. The maximum absolute atomic E-state index is 10.4. The number of benzene rings is 2. The highest BCUT2D eigenvalue weighted by molar-refractivity contribution is 7.99. The van der Waals surface area contributed by atoms with E-state index in [-0.39, 0.29) is 19.0 Å². The van der Waals surface area contributed by atoms with Crippen molar-refractivity contribution in [3.05, 3.63) is 48.5 Å². The maximum atomic E-state index is 10.4. The van der Waals surface area contributed by atoms with Gasteiger partial charge in [0.25, 0.3) is 0 Å². The molecule has 0 aliphatic rings. The Kier molecular flexibility index (Phi) is 5.34. The molecule has 0 saturated heterocycles. The average molecular weight is 305 g/mol. The number of hydrogen-bond donors (Lipinski definition) is 2. The van der Waals surface area contributed by atoms with Crippen LogP contribution >= 0.6 is 11.8 Å². The van der Waals surface area contributed by atoms with E-state index in [4.69, 9.17) is 10.5 Å². The Morgan fingerprint density at radius 3 is 2.14 bits per heavy atom. The summed E-state index contributed by atoms with van der Waals surface area (Å²) >= 11 is 1.58. The van der Waals surface area contributed by atoms with Crippen molar-refractivity contribution in [2.24, 2.45) is 5.73 Å². The predicted molar refractivity (Wildman–Crippen MR) is 79.7 cm³/mol. The molecule has 0 radical (unpaired) electrons. The standard InChI is InChI=1S/C15H15NO4S/c16-15(18)20-10-9-19-12-3-7-14(8-4-12)21-13-5-1-11(17)2-6-13/h1-8,17H,9-10H2,(H2,16,18). The van der Waals surface area contributed by atoms with Gasteiger partial charge in [0, 0.05) is 9.79 Å². The first kappa shape index (κ1) is 15.1. The van der Waals surface area contributed by atoms with Crippen LogP contribution in [0.1, 0.15) is 0 Å².